The van der Waals surface area contributed by atoms with Crippen LogP contribution in [0, 0.1) is 5.92 Å². The molecule has 1 aliphatic heterocycles. The minimum atomic E-state index is -3.71. The Balaban J connectivity index is 1.91. The molecule has 0 aliphatic carbocycles. The van der Waals surface area contributed by atoms with Crippen LogP contribution in [0.2, 0.25) is 0 Å². The quantitative estimate of drug-likeness (QED) is 0.752. The van der Waals surface area contributed by atoms with Crippen molar-refractivity contribution in [1.82, 2.24) is 5.43 Å². The second kappa shape index (κ2) is 8.65. The molecule has 0 fully saturated rings. The molecular weight excluding hydrogens is 390 g/mol. The van der Waals surface area contributed by atoms with Crippen LogP contribution in [0.1, 0.15) is 32.3 Å². The lowest BCUT2D eigenvalue weighted by atomic mass is 9.94. The zero-order chi connectivity index (χ0) is 21.0. The summed E-state index contributed by atoms with van der Waals surface area (Å²) in [4.78, 5) is 11.7. The number of hydrazone groups is 1. The van der Waals surface area contributed by atoms with Crippen molar-refractivity contribution < 1.29 is 17.9 Å². The van der Waals surface area contributed by atoms with Gasteiger partial charge in [-0.3, -0.25) is 9.10 Å². The number of nitrogens with one attached hydrogen (secondary N) is 1. The van der Waals surface area contributed by atoms with Crippen molar-refractivity contribution in [2.75, 3.05) is 18.0 Å². The molecule has 3 rings (SSSR count). The van der Waals surface area contributed by atoms with Crippen molar-refractivity contribution in [3.63, 3.8) is 0 Å². The zero-order valence-corrected chi connectivity index (χ0v) is 17.6. The van der Waals surface area contributed by atoms with Crippen LogP contribution in [0.15, 0.2) is 58.5 Å². The van der Waals surface area contributed by atoms with E-state index >= 15 is 0 Å². The van der Waals surface area contributed by atoms with Crippen molar-refractivity contribution in [1.29, 1.82) is 0 Å². The van der Waals surface area contributed by atoms with E-state index in [1.165, 1.54) is 11.4 Å². The molecule has 2 aromatic rings. The van der Waals surface area contributed by atoms with Crippen LogP contribution in [0.5, 0.6) is 5.75 Å². The lowest BCUT2D eigenvalue weighted by molar-refractivity contribution is -0.121. The predicted octanol–water partition coefficient (Wildman–Crippen LogP) is 3.16. The molecule has 2 aromatic carbocycles. The van der Waals surface area contributed by atoms with E-state index in [0.717, 1.165) is 11.3 Å². The normalized spacial score (nSPS) is 16.7. The largest absolute Gasteiger partial charge is 0.497 e. The molecule has 0 spiro atoms. The maximum atomic E-state index is 13.2. The average Bonchev–Trinajstić information content (AvgIpc) is 2.72. The van der Waals surface area contributed by atoms with Gasteiger partial charge in [-0.15, -0.1) is 0 Å². The minimum Gasteiger partial charge on any atom is -0.497 e. The van der Waals surface area contributed by atoms with Gasteiger partial charge in [-0.2, -0.15) is 5.10 Å². The highest BCUT2D eigenvalue weighted by Gasteiger charge is 2.25. The fourth-order valence-electron chi connectivity index (χ4n) is 3.27. The van der Waals surface area contributed by atoms with Gasteiger partial charge in [-0.05, 0) is 48.4 Å². The van der Waals surface area contributed by atoms with Crippen molar-refractivity contribution in [2.45, 2.75) is 31.6 Å². The van der Waals surface area contributed by atoms with Crippen LogP contribution in [0.3, 0.4) is 0 Å². The highest BCUT2D eigenvalue weighted by molar-refractivity contribution is 7.92. The SMILES string of the molecule is CCCN(c1ccc(C2=NNC(=O)CC2C)cc1)S(=O)(=O)c1ccc(OC)cc1. The van der Waals surface area contributed by atoms with Gasteiger partial charge < -0.3 is 4.74 Å². The van der Waals surface area contributed by atoms with Crippen LogP contribution in [-0.2, 0) is 14.8 Å². The Bertz CT molecular complexity index is 999. The molecule has 8 heteroatoms. The molecule has 1 atom stereocenters. The Morgan fingerprint density at radius 3 is 2.34 bits per heavy atom. The topological polar surface area (TPSA) is 88.1 Å². The molecule has 0 bridgehead atoms. The van der Waals surface area contributed by atoms with Crippen LogP contribution in [0.25, 0.3) is 0 Å². The Morgan fingerprint density at radius 1 is 1.14 bits per heavy atom. The number of nitrogens with zero attached hydrogens (tertiary/aromatic N) is 2. The number of hydrogen-bond donors (Lipinski definition) is 1. The number of sulfonamides is 1. The number of rotatable bonds is 7. The summed E-state index contributed by atoms with van der Waals surface area (Å²) in [6.45, 7) is 4.25. The van der Waals surface area contributed by atoms with Crippen LogP contribution in [-0.4, -0.2) is 33.7 Å². The van der Waals surface area contributed by atoms with E-state index in [9.17, 15) is 13.2 Å². The summed E-state index contributed by atoms with van der Waals surface area (Å²) in [5, 5.41) is 4.16. The summed E-state index contributed by atoms with van der Waals surface area (Å²) in [6, 6.07) is 13.6. The smallest absolute Gasteiger partial charge is 0.264 e. The summed E-state index contributed by atoms with van der Waals surface area (Å²) >= 11 is 0. The molecule has 1 N–H and O–H groups in total. The number of carbonyl (C=O) groups is 1. The van der Waals surface area contributed by atoms with E-state index in [4.69, 9.17) is 4.74 Å². The van der Waals surface area contributed by atoms with Gasteiger partial charge in [0, 0.05) is 18.9 Å². The molecule has 1 aliphatic rings. The van der Waals surface area contributed by atoms with Gasteiger partial charge in [-0.1, -0.05) is 26.0 Å². The number of benzene rings is 2. The fourth-order valence-corrected chi connectivity index (χ4v) is 4.82. The van der Waals surface area contributed by atoms with Gasteiger partial charge in [0.15, 0.2) is 0 Å². The molecule has 0 aromatic heterocycles. The second-order valence-corrected chi connectivity index (χ2v) is 8.80. The van der Waals surface area contributed by atoms with Gasteiger partial charge in [0.1, 0.15) is 5.75 Å². The lowest BCUT2D eigenvalue weighted by Crippen LogP contribution is -2.32. The molecular formula is C21H25N3O4S. The Labute approximate surface area is 171 Å². The highest BCUT2D eigenvalue weighted by Crippen LogP contribution is 2.27. The van der Waals surface area contributed by atoms with E-state index in [1.807, 2.05) is 26.0 Å². The Morgan fingerprint density at radius 2 is 1.79 bits per heavy atom. The number of ether oxygens (including phenoxy) is 1. The first-order valence-electron chi connectivity index (χ1n) is 9.50. The first-order chi connectivity index (χ1) is 13.9. The van der Waals surface area contributed by atoms with Gasteiger partial charge in [0.05, 0.1) is 23.4 Å². The Hall–Kier alpha value is -2.87. The second-order valence-electron chi connectivity index (χ2n) is 6.94. The number of carbonyl (C=O) groups excluding carboxylic acids is 1. The van der Waals surface area contributed by atoms with E-state index in [1.54, 1.807) is 36.4 Å². The highest BCUT2D eigenvalue weighted by atomic mass is 32.2. The fraction of sp³-hybridized carbons (Fsp3) is 0.333. The number of methoxy groups -OCH3 is 1. The van der Waals surface area contributed by atoms with Gasteiger partial charge in [0.2, 0.25) is 5.91 Å². The third-order valence-corrected chi connectivity index (χ3v) is 6.63. The van der Waals surface area contributed by atoms with Crippen LogP contribution in [0.4, 0.5) is 5.69 Å². The summed E-state index contributed by atoms with van der Waals surface area (Å²) < 4.78 is 32.9. The maximum absolute atomic E-state index is 13.2. The monoisotopic (exact) mass is 415 g/mol. The first-order valence-corrected chi connectivity index (χ1v) is 10.9. The van der Waals surface area contributed by atoms with Crippen molar-refractivity contribution >= 4 is 27.3 Å². The van der Waals surface area contributed by atoms with Crippen LogP contribution < -0.4 is 14.5 Å². The molecule has 154 valence electrons. The zero-order valence-electron chi connectivity index (χ0n) is 16.8. The third kappa shape index (κ3) is 4.42. The summed E-state index contributed by atoms with van der Waals surface area (Å²) in [5.41, 5.74) is 4.74. The van der Waals surface area contributed by atoms with Crippen molar-refractivity contribution in [2.24, 2.45) is 11.0 Å². The number of anilines is 1. The van der Waals surface area contributed by atoms with E-state index in [-0.39, 0.29) is 16.7 Å². The molecule has 29 heavy (non-hydrogen) atoms. The first kappa shape index (κ1) is 20.9. The van der Waals surface area contributed by atoms with E-state index in [2.05, 4.69) is 10.5 Å². The average molecular weight is 416 g/mol. The minimum absolute atomic E-state index is 0.00405. The van der Waals surface area contributed by atoms with Gasteiger partial charge in [-0.25, -0.2) is 13.8 Å². The molecule has 0 radical (unpaired) electrons. The molecule has 0 saturated carbocycles. The van der Waals surface area contributed by atoms with Crippen molar-refractivity contribution in [3.8, 4) is 5.75 Å². The maximum Gasteiger partial charge on any atom is 0.264 e. The molecule has 1 unspecified atom stereocenters. The molecule has 7 nitrogen and oxygen atoms in total. The van der Waals surface area contributed by atoms with Gasteiger partial charge >= 0.3 is 0 Å². The van der Waals surface area contributed by atoms with E-state index in [0.29, 0.717) is 30.8 Å². The standard InChI is InChI=1S/C21H25N3O4S/c1-4-13-24(29(26,27)19-11-9-18(28-3)10-12-19)17-7-5-16(6-8-17)21-15(2)14-20(25)22-23-21/h5-12,15H,4,13-14H2,1-3H3,(H,22,25). The summed E-state index contributed by atoms with van der Waals surface area (Å²) in [6.07, 6.45) is 1.06. The van der Waals surface area contributed by atoms with E-state index < -0.39 is 10.0 Å². The summed E-state index contributed by atoms with van der Waals surface area (Å²) in [7, 11) is -2.17. The molecule has 1 heterocycles. The Kier molecular flexibility index (Phi) is 6.22. The lowest BCUT2D eigenvalue weighted by Gasteiger charge is -2.25. The number of hydrogen-bond acceptors (Lipinski definition) is 5. The van der Waals surface area contributed by atoms with Crippen molar-refractivity contribution in [3.05, 3.63) is 54.1 Å². The molecule has 0 saturated heterocycles. The number of amides is 1. The van der Waals surface area contributed by atoms with Gasteiger partial charge in [0.25, 0.3) is 10.0 Å². The molecule has 1 amide bonds. The third-order valence-electron chi connectivity index (χ3n) is 4.78. The summed E-state index contributed by atoms with van der Waals surface area (Å²) in [5.74, 6) is 0.506. The van der Waals surface area contributed by atoms with Crippen LogP contribution >= 0.6 is 0 Å². The predicted molar refractivity (Wildman–Crippen MR) is 113 cm³/mol.